The van der Waals surface area contributed by atoms with E-state index in [1.54, 1.807) is 31.4 Å². The summed E-state index contributed by atoms with van der Waals surface area (Å²) in [6.07, 6.45) is 0. The van der Waals surface area contributed by atoms with Crippen molar-refractivity contribution in [3.63, 3.8) is 0 Å². The summed E-state index contributed by atoms with van der Waals surface area (Å²) >= 11 is 0. The van der Waals surface area contributed by atoms with Gasteiger partial charge < -0.3 is 9.84 Å². The third-order valence-corrected chi connectivity index (χ3v) is 3.49. The number of hydrazine groups is 1. The molecule has 6 nitrogen and oxygen atoms in total. The van der Waals surface area contributed by atoms with Crippen molar-refractivity contribution in [1.29, 1.82) is 0 Å². The smallest absolute Gasteiger partial charge is 0.272 e. The first-order chi connectivity index (χ1) is 10.9. The molecule has 0 fully saturated rings. The number of nitrogens with zero attached hydrogens (tertiary/aromatic N) is 2. The second kappa shape index (κ2) is 6.83. The maximum Gasteiger partial charge on any atom is 0.272 e. The number of hydrogen-bond acceptors (Lipinski definition) is 4. The van der Waals surface area contributed by atoms with Crippen molar-refractivity contribution >= 4 is 11.8 Å². The van der Waals surface area contributed by atoms with Crippen molar-refractivity contribution in [3.05, 3.63) is 59.7 Å². The van der Waals surface area contributed by atoms with Gasteiger partial charge in [-0.05, 0) is 48.5 Å². The molecule has 120 valence electrons. The van der Waals surface area contributed by atoms with Crippen molar-refractivity contribution < 1.29 is 19.4 Å². The van der Waals surface area contributed by atoms with Crippen LogP contribution in [0.5, 0.6) is 11.5 Å². The fraction of sp³-hybridized carbons (Fsp3) is 0.176. The van der Waals surface area contributed by atoms with Gasteiger partial charge in [-0.25, -0.2) is 0 Å². The van der Waals surface area contributed by atoms with Crippen LogP contribution in [0.1, 0.15) is 20.7 Å². The largest absolute Gasteiger partial charge is 0.508 e. The Morgan fingerprint density at radius 3 is 1.61 bits per heavy atom. The van der Waals surface area contributed by atoms with Gasteiger partial charge in [-0.2, -0.15) is 0 Å². The summed E-state index contributed by atoms with van der Waals surface area (Å²) in [5.74, 6) is 0.0567. The quantitative estimate of drug-likeness (QED) is 0.881. The van der Waals surface area contributed by atoms with E-state index in [0.717, 1.165) is 0 Å². The number of carbonyl (C=O) groups excluding carboxylic acids is 2. The summed E-state index contributed by atoms with van der Waals surface area (Å²) in [7, 11) is 4.58. The Morgan fingerprint density at radius 2 is 1.22 bits per heavy atom. The third kappa shape index (κ3) is 3.60. The van der Waals surface area contributed by atoms with E-state index in [9.17, 15) is 14.7 Å². The fourth-order valence-corrected chi connectivity index (χ4v) is 1.98. The zero-order chi connectivity index (χ0) is 17.0. The summed E-state index contributed by atoms with van der Waals surface area (Å²) in [4.78, 5) is 24.8. The number of methoxy groups -OCH3 is 1. The number of ether oxygens (including phenoxy) is 1. The number of aromatic hydroxyl groups is 1. The minimum absolute atomic E-state index is 0.0758. The van der Waals surface area contributed by atoms with E-state index in [4.69, 9.17) is 4.74 Å². The van der Waals surface area contributed by atoms with E-state index in [-0.39, 0.29) is 17.6 Å². The first-order valence-electron chi connectivity index (χ1n) is 6.93. The highest BCUT2D eigenvalue weighted by atomic mass is 16.5. The number of carbonyl (C=O) groups is 2. The van der Waals surface area contributed by atoms with E-state index in [1.165, 1.54) is 48.4 Å². The highest BCUT2D eigenvalue weighted by Crippen LogP contribution is 2.15. The Bertz CT molecular complexity index is 696. The zero-order valence-electron chi connectivity index (χ0n) is 13.2. The van der Waals surface area contributed by atoms with Gasteiger partial charge in [-0.3, -0.25) is 19.6 Å². The molecule has 2 aromatic rings. The van der Waals surface area contributed by atoms with Gasteiger partial charge in [0.05, 0.1) is 7.11 Å². The molecule has 0 saturated heterocycles. The molecular formula is C17H18N2O4. The molecule has 2 amide bonds. The Morgan fingerprint density at radius 1 is 0.826 bits per heavy atom. The summed E-state index contributed by atoms with van der Waals surface area (Å²) in [5, 5.41) is 11.7. The zero-order valence-corrected chi connectivity index (χ0v) is 13.2. The SMILES string of the molecule is COc1ccc(C(=O)N(C)N(C)C(=O)c2ccc(O)cc2)cc1. The highest BCUT2D eigenvalue weighted by molar-refractivity contribution is 5.99. The summed E-state index contributed by atoms with van der Waals surface area (Å²) < 4.78 is 5.05. The standard InChI is InChI=1S/C17H18N2O4/c1-18(16(21)12-4-8-14(20)9-5-12)19(2)17(22)13-6-10-15(23-3)11-7-13/h4-11,20H,1-3H3. The van der Waals surface area contributed by atoms with Gasteiger partial charge in [0.15, 0.2) is 0 Å². The molecule has 2 aromatic carbocycles. The van der Waals surface area contributed by atoms with Crippen LogP contribution in [0.15, 0.2) is 48.5 Å². The lowest BCUT2D eigenvalue weighted by Crippen LogP contribution is -2.44. The Kier molecular flexibility index (Phi) is 4.85. The van der Waals surface area contributed by atoms with Crippen LogP contribution in [0.25, 0.3) is 0 Å². The van der Waals surface area contributed by atoms with E-state index < -0.39 is 0 Å². The molecule has 0 aromatic heterocycles. The number of benzene rings is 2. The Labute approximate surface area is 134 Å². The molecule has 0 atom stereocenters. The van der Waals surface area contributed by atoms with Gasteiger partial charge in [-0.1, -0.05) is 0 Å². The second-order valence-corrected chi connectivity index (χ2v) is 4.93. The second-order valence-electron chi connectivity index (χ2n) is 4.93. The van der Waals surface area contributed by atoms with Crippen molar-refractivity contribution in [2.24, 2.45) is 0 Å². The predicted octanol–water partition coefficient (Wildman–Crippen LogP) is 2.16. The van der Waals surface area contributed by atoms with E-state index in [2.05, 4.69) is 0 Å². The minimum Gasteiger partial charge on any atom is -0.508 e. The summed E-state index contributed by atoms with van der Waals surface area (Å²) in [6.45, 7) is 0. The molecule has 0 unspecified atom stereocenters. The van der Waals surface area contributed by atoms with Crippen molar-refractivity contribution in [2.75, 3.05) is 21.2 Å². The van der Waals surface area contributed by atoms with Crippen LogP contribution < -0.4 is 4.74 Å². The average Bonchev–Trinajstić information content (AvgIpc) is 2.60. The first kappa shape index (κ1) is 16.4. The van der Waals surface area contributed by atoms with Crippen LogP contribution >= 0.6 is 0 Å². The van der Waals surface area contributed by atoms with Crippen LogP contribution in [0.4, 0.5) is 0 Å². The maximum atomic E-state index is 12.4. The lowest BCUT2D eigenvalue weighted by Gasteiger charge is -2.28. The van der Waals surface area contributed by atoms with E-state index in [0.29, 0.717) is 16.9 Å². The number of phenols is 1. The molecule has 1 N–H and O–H groups in total. The molecule has 0 bridgehead atoms. The van der Waals surface area contributed by atoms with Gasteiger partial charge in [0.25, 0.3) is 11.8 Å². The average molecular weight is 314 g/mol. The van der Waals surface area contributed by atoms with Crippen molar-refractivity contribution in [3.8, 4) is 11.5 Å². The summed E-state index contributed by atoms with van der Waals surface area (Å²) in [6, 6.07) is 12.5. The fourth-order valence-electron chi connectivity index (χ4n) is 1.98. The first-order valence-corrected chi connectivity index (χ1v) is 6.93. The highest BCUT2D eigenvalue weighted by Gasteiger charge is 2.21. The molecule has 6 heteroatoms. The third-order valence-electron chi connectivity index (χ3n) is 3.49. The number of rotatable bonds is 3. The molecule has 0 aliphatic carbocycles. The minimum atomic E-state index is -0.352. The molecule has 0 aliphatic heterocycles. The van der Waals surface area contributed by atoms with Crippen LogP contribution in [-0.4, -0.2) is 48.1 Å². The lowest BCUT2D eigenvalue weighted by atomic mass is 10.2. The Hall–Kier alpha value is -3.02. The molecule has 2 rings (SSSR count). The number of phenolic OH excluding ortho intramolecular Hbond substituents is 1. The maximum absolute atomic E-state index is 12.4. The van der Waals surface area contributed by atoms with Gasteiger partial charge in [-0.15, -0.1) is 0 Å². The van der Waals surface area contributed by atoms with Crippen molar-refractivity contribution in [1.82, 2.24) is 10.0 Å². The molecule has 0 aliphatic rings. The number of hydrogen-bond donors (Lipinski definition) is 1. The van der Waals surface area contributed by atoms with Crippen LogP contribution in [0, 0.1) is 0 Å². The molecule has 0 radical (unpaired) electrons. The predicted molar refractivity (Wildman–Crippen MR) is 85.3 cm³/mol. The Balaban J connectivity index is 2.14. The monoisotopic (exact) mass is 314 g/mol. The van der Waals surface area contributed by atoms with E-state index >= 15 is 0 Å². The van der Waals surface area contributed by atoms with Crippen molar-refractivity contribution in [2.45, 2.75) is 0 Å². The topological polar surface area (TPSA) is 70.1 Å². The van der Waals surface area contributed by atoms with Crippen LogP contribution in [-0.2, 0) is 0 Å². The molecule has 0 saturated carbocycles. The molecule has 0 spiro atoms. The van der Waals surface area contributed by atoms with Gasteiger partial charge in [0.2, 0.25) is 0 Å². The normalized spacial score (nSPS) is 10.0. The molecule has 23 heavy (non-hydrogen) atoms. The number of amides is 2. The van der Waals surface area contributed by atoms with Gasteiger partial charge in [0.1, 0.15) is 11.5 Å². The molecule has 0 heterocycles. The summed E-state index contributed by atoms with van der Waals surface area (Å²) in [5.41, 5.74) is 0.818. The lowest BCUT2D eigenvalue weighted by molar-refractivity contribution is 0.0186. The molecular weight excluding hydrogens is 296 g/mol. The van der Waals surface area contributed by atoms with Crippen LogP contribution in [0.2, 0.25) is 0 Å². The van der Waals surface area contributed by atoms with E-state index in [1.807, 2.05) is 0 Å². The van der Waals surface area contributed by atoms with Gasteiger partial charge >= 0.3 is 0 Å². The van der Waals surface area contributed by atoms with Gasteiger partial charge in [0, 0.05) is 25.2 Å². The van der Waals surface area contributed by atoms with Crippen LogP contribution in [0.3, 0.4) is 0 Å².